The minimum atomic E-state index is -0.854. The van der Waals surface area contributed by atoms with Crippen LogP contribution >= 0.6 is 11.8 Å². The van der Waals surface area contributed by atoms with Gasteiger partial charge in [0.05, 0.1) is 29.2 Å². The molecule has 1 aromatic rings. The Morgan fingerprint density at radius 3 is 2.39 bits per heavy atom. The van der Waals surface area contributed by atoms with Crippen LogP contribution in [0, 0.1) is 17.8 Å². The third-order valence-electron chi connectivity index (χ3n) is 8.40. The molecule has 1 aromatic carbocycles. The monoisotopic (exact) mass is 537 g/mol. The summed E-state index contributed by atoms with van der Waals surface area (Å²) in [5.74, 6) is -1.31. The molecule has 204 valence electrons. The standard InChI is InChI=1S/C30H39N3O4S/c1-19(2)16-22(18-34)33-26-29(37)32(20(3)4)15-9-13-30(26)25(28(33)36)24-23(38-30)12-8-14-31(27(24)35)17-21-10-6-5-7-11-21/h5-13,19-20,22-26,34H,14-18H2,1-4H3/t22-,23-,24+,25+,26?,30+/m1/s1. The van der Waals surface area contributed by atoms with Crippen molar-refractivity contribution < 1.29 is 19.5 Å². The number of benzene rings is 1. The van der Waals surface area contributed by atoms with Gasteiger partial charge in [-0.3, -0.25) is 14.4 Å². The predicted molar refractivity (Wildman–Crippen MR) is 149 cm³/mol. The number of hydrogen-bond donors (Lipinski definition) is 1. The van der Waals surface area contributed by atoms with Crippen molar-refractivity contribution in [2.24, 2.45) is 17.8 Å². The highest BCUT2D eigenvalue weighted by atomic mass is 32.2. The number of nitrogens with zero attached hydrogens (tertiary/aromatic N) is 3. The maximum Gasteiger partial charge on any atom is 0.247 e. The summed E-state index contributed by atoms with van der Waals surface area (Å²) in [5, 5.41) is 10.2. The van der Waals surface area contributed by atoms with E-state index < -0.39 is 28.7 Å². The van der Waals surface area contributed by atoms with E-state index in [1.807, 2.05) is 72.2 Å². The minimum Gasteiger partial charge on any atom is -0.394 e. The molecule has 0 radical (unpaired) electrons. The van der Waals surface area contributed by atoms with Crippen LogP contribution < -0.4 is 0 Å². The van der Waals surface area contributed by atoms with Gasteiger partial charge < -0.3 is 19.8 Å². The fraction of sp³-hybridized carbons (Fsp3) is 0.567. The largest absolute Gasteiger partial charge is 0.394 e. The number of amides is 3. The second kappa shape index (κ2) is 10.5. The van der Waals surface area contributed by atoms with Crippen LogP contribution in [0.25, 0.3) is 0 Å². The Bertz CT molecular complexity index is 1140. The van der Waals surface area contributed by atoms with Gasteiger partial charge in [0.1, 0.15) is 6.04 Å². The van der Waals surface area contributed by atoms with Crippen LogP contribution in [0.4, 0.5) is 0 Å². The molecule has 3 amide bonds. The van der Waals surface area contributed by atoms with Crippen LogP contribution in [0.3, 0.4) is 0 Å². The Balaban J connectivity index is 1.58. The zero-order valence-electron chi connectivity index (χ0n) is 22.7. The lowest BCUT2D eigenvalue weighted by Gasteiger charge is -2.39. The van der Waals surface area contributed by atoms with E-state index in [0.717, 1.165) is 5.56 Å². The molecule has 0 bridgehead atoms. The Labute approximate surface area is 229 Å². The smallest absolute Gasteiger partial charge is 0.247 e. The summed E-state index contributed by atoms with van der Waals surface area (Å²) < 4.78 is -0.854. The van der Waals surface area contributed by atoms with Crippen molar-refractivity contribution in [2.45, 2.75) is 68.8 Å². The number of likely N-dealkylation sites (tertiary alicyclic amines) is 1. The summed E-state index contributed by atoms with van der Waals surface area (Å²) in [6, 6.07) is 8.64. The van der Waals surface area contributed by atoms with E-state index in [2.05, 4.69) is 19.9 Å². The molecule has 2 fully saturated rings. The van der Waals surface area contributed by atoms with Crippen molar-refractivity contribution in [2.75, 3.05) is 19.7 Å². The molecule has 4 aliphatic rings. The molecule has 5 rings (SSSR count). The fourth-order valence-corrected chi connectivity index (χ4v) is 8.76. The fourth-order valence-electron chi connectivity index (χ4n) is 6.77. The average Bonchev–Trinajstić information content (AvgIpc) is 3.20. The summed E-state index contributed by atoms with van der Waals surface area (Å²) in [7, 11) is 0. The van der Waals surface area contributed by atoms with E-state index in [9.17, 15) is 19.5 Å². The van der Waals surface area contributed by atoms with Gasteiger partial charge in [-0.25, -0.2) is 0 Å². The lowest BCUT2D eigenvalue weighted by atomic mass is 9.78. The van der Waals surface area contributed by atoms with E-state index >= 15 is 0 Å². The Kier molecular flexibility index (Phi) is 7.48. The molecule has 8 heteroatoms. The summed E-state index contributed by atoms with van der Waals surface area (Å²) in [6.07, 6.45) is 8.75. The van der Waals surface area contributed by atoms with E-state index in [4.69, 9.17) is 0 Å². The van der Waals surface area contributed by atoms with Crippen LogP contribution in [-0.2, 0) is 20.9 Å². The third kappa shape index (κ3) is 4.39. The predicted octanol–water partition coefficient (Wildman–Crippen LogP) is 3.10. The minimum absolute atomic E-state index is 0.0317. The molecule has 0 saturated carbocycles. The number of carbonyl (C=O) groups is 3. The molecular weight excluding hydrogens is 498 g/mol. The molecule has 0 aliphatic carbocycles. The van der Waals surface area contributed by atoms with Crippen LogP contribution in [0.15, 0.2) is 54.6 Å². The first kappa shape index (κ1) is 27.0. The highest BCUT2D eigenvalue weighted by Crippen LogP contribution is 2.61. The first-order chi connectivity index (χ1) is 18.2. The lowest BCUT2D eigenvalue weighted by molar-refractivity contribution is -0.147. The third-order valence-corrected chi connectivity index (χ3v) is 10.1. The van der Waals surface area contributed by atoms with Crippen LogP contribution in [0.2, 0.25) is 0 Å². The second-order valence-corrected chi connectivity index (χ2v) is 13.2. The Hall–Kier alpha value is -2.58. The quantitative estimate of drug-likeness (QED) is 0.541. The highest BCUT2D eigenvalue weighted by molar-refractivity contribution is 8.02. The van der Waals surface area contributed by atoms with Crippen molar-refractivity contribution in [3.05, 3.63) is 60.2 Å². The Morgan fingerprint density at radius 2 is 1.74 bits per heavy atom. The zero-order chi connectivity index (χ0) is 27.2. The first-order valence-electron chi connectivity index (χ1n) is 13.8. The molecule has 4 aliphatic heterocycles. The van der Waals surface area contributed by atoms with Crippen molar-refractivity contribution >= 4 is 29.5 Å². The molecule has 4 heterocycles. The molecule has 0 aromatic heterocycles. The second-order valence-electron chi connectivity index (χ2n) is 11.7. The van der Waals surface area contributed by atoms with Crippen molar-refractivity contribution in [1.82, 2.24) is 14.7 Å². The summed E-state index contributed by atoms with van der Waals surface area (Å²) in [6.45, 7) is 9.30. The number of carbonyl (C=O) groups excluding carboxylic acids is 3. The van der Waals surface area contributed by atoms with Crippen LogP contribution in [-0.4, -0.2) is 85.3 Å². The maximum atomic E-state index is 14.4. The van der Waals surface area contributed by atoms with Crippen molar-refractivity contribution in [3.8, 4) is 0 Å². The first-order valence-corrected chi connectivity index (χ1v) is 14.7. The number of aliphatic hydroxyl groups is 1. The summed E-state index contributed by atoms with van der Waals surface area (Å²) in [5.41, 5.74) is 1.04. The van der Waals surface area contributed by atoms with E-state index in [1.54, 1.807) is 16.7 Å². The number of fused-ring (bicyclic) bond motifs is 2. The average molecular weight is 538 g/mol. The van der Waals surface area contributed by atoms with Gasteiger partial charge in [0.15, 0.2) is 0 Å². The summed E-state index contributed by atoms with van der Waals surface area (Å²) >= 11 is 1.59. The van der Waals surface area contributed by atoms with Gasteiger partial charge in [0.25, 0.3) is 0 Å². The van der Waals surface area contributed by atoms with Gasteiger partial charge in [-0.05, 0) is 31.7 Å². The van der Waals surface area contributed by atoms with Gasteiger partial charge in [0, 0.05) is 30.9 Å². The SMILES string of the molecule is CC(C)C[C@H](CO)N1C(=O)[C@@H]2[C@H]3C(=O)N(Cc4ccccc4)CC=C[C@H]3S[C@@]23C=CCN(C(C)C)C(=O)C13. The maximum absolute atomic E-state index is 14.4. The van der Waals surface area contributed by atoms with E-state index in [-0.39, 0.29) is 41.5 Å². The van der Waals surface area contributed by atoms with Gasteiger partial charge in [-0.15, -0.1) is 11.8 Å². The van der Waals surface area contributed by atoms with Gasteiger partial charge in [0.2, 0.25) is 17.7 Å². The lowest BCUT2D eigenvalue weighted by Crippen LogP contribution is -2.57. The molecular formula is C30H39N3O4S. The Morgan fingerprint density at radius 1 is 1.00 bits per heavy atom. The van der Waals surface area contributed by atoms with E-state index in [1.165, 1.54) is 0 Å². The molecule has 7 nitrogen and oxygen atoms in total. The molecule has 2 saturated heterocycles. The van der Waals surface area contributed by atoms with E-state index in [0.29, 0.717) is 26.1 Å². The summed E-state index contributed by atoms with van der Waals surface area (Å²) in [4.78, 5) is 48.2. The highest BCUT2D eigenvalue weighted by Gasteiger charge is 2.71. The van der Waals surface area contributed by atoms with Crippen molar-refractivity contribution in [3.63, 3.8) is 0 Å². The van der Waals surface area contributed by atoms with Gasteiger partial charge >= 0.3 is 0 Å². The molecule has 1 unspecified atom stereocenters. The topological polar surface area (TPSA) is 81.2 Å². The van der Waals surface area contributed by atoms with Gasteiger partial charge in [-0.1, -0.05) is 68.5 Å². The molecule has 1 spiro atoms. The molecule has 6 atom stereocenters. The molecule has 1 N–H and O–H groups in total. The van der Waals surface area contributed by atoms with Crippen molar-refractivity contribution in [1.29, 1.82) is 0 Å². The zero-order valence-corrected chi connectivity index (χ0v) is 23.5. The number of thioether (sulfide) groups is 1. The molecule has 38 heavy (non-hydrogen) atoms. The van der Waals surface area contributed by atoms with Crippen LogP contribution in [0.1, 0.15) is 39.7 Å². The van der Waals surface area contributed by atoms with Crippen LogP contribution in [0.5, 0.6) is 0 Å². The normalized spacial score (nSPS) is 31.6. The number of rotatable bonds is 7. The number of aliphatic hydroxyl groups excluding tert-OH is 1. The number of hydrogen-bond acceptors (Lipinski definition) is 5. The van der Waals surface area contributed by atoms with Gasteiger partial charge in [-0.2, -0.15) is 0 Å².